The molecule has 0 aliphatic carbocycles. The van der Waals surface area contributed by atoms with Gasteiger partial charge < -0.3 is 0 Å². The highest BCUT2D eigenvalue weighted by molar-refractivity contribution is 5.00. The van der Waals surface area contributed by atoms with Crippen LogP contribution in [0, 0.1) is 17.8 Å². The minimum absolute atomic E-state index is 0.698. The van der Waals surface area contributed by atoms with E-state index >= 15 is 0 Å². The predicted octanol–water partition coefficient (Wildman–Crippen LogP) is 4.66. The highest BCUT2D eigenvalue weighted by atomic mass is 14.2. The van der Waals surface area contributed by atoms with Gasteiger partial charge in [-0.25, -0.2) is 0 Å². The zero-order chi connectivity index (χ0) is 10.4. The van der Waals surface area contributed by atoms with E-state index in [0.29, 0.717) is 5.92 Å². The van der Waals surface area contributed by atoms with Gasteiger partial charge in [0.25, 0.3) is 0 Å². The molecule has 0 rings (SSSR count). The number of rotatable bonds is 6. The summed E-state index contributed by atoms with van der Waals surface area (Å²) in [5, 5.41) is 0. The van der Waals surface area contributed by atoms with E-state index in [9.17, 15) is 0 Å². The second kappa shape index (κ2) is 6.23. The lowest BCUT2D eigenvalue weighted by atomic mass is 9.85. The molecule has 0 aromatic rings. The first-order valence-electron chi connectivity index (χ1n) is 5.66. The Hall–Kier alpha value is -0.260. The normalized spacial score (nSPS) is 15.8. The molecule has 0 aliphatic heterocycles. The Bertz CT molecular complexity index is 144. The molecule has 0 saturated heterocycles. The molecule has 0 aromatic heterocycles. The summed E-state index contributed by atoms with van der Waals surface area (Å²) in [7, 11) is 0. The topological polar surface area (TPSA) is 0 Å². The summed E-state index contributed by atoms with van der Waals surface area (Å²) in [4.78, 5) is 0. The second-order valence-electron chi connectivity index (χ2n) is 4.76. The Kier molecular flexibility index (Phi) is 6.11. The fourth-order valence-corrected chi connectivity index (χ4v) is 1.46. The molecule has 0 spiro atoms. The molecule has 0 amide bonds. The van der Waals surface area contributed by atoms with Crippen molar-refractivity contribution in [1.82, 2.24) is 0 Å². The summed E-state index contributed by atoms with van der Waals surface area (Å²) in [6.45, 7) is 15.7. The molecule has 2 unspecified atom stereocenters. The number of hydrogen-bond acceptors (Lipinski definition) is 0. The lowest BCUT2D eigenvalue weighted by Crippen LogP contribution is -2.09. The van der Waals surface area contributed by atoms with Crippen molar-refractivity contribution < 1.29 is 0 Å². The van der Waals surface area contributed by atoms with Gasteiger partial charge in [-0.05, 0) is 30.6 Å². The quantitative estimate of drug-likeness (QED) is 0.524. The largest absolute Gasteiger partial charge is 0.0996 e. The Morgan fingerprint density at radius 3 is 2.08 bits per heavy atom. The van der Waals surface area contributed by atoms with Crippen LogP contribution in [0.3, 0.4) is 0 Å². The minimum atomic E-state index is 0.698. The average molecular weight is 182 g/mol. The van der Waals surface area contributed by atoms with Crippen LogP contribution in [-0.2, 0) is 0 Å². The molecule has 0 aromatic carbocycles. The minimum Gasteiger partial charge on any atom is -0.0996 e. The fraction of sp³-hybridized carbons (Fsp3) is 0.846. The van der Waals surface area contributed by atoms with E-state index in [-0.39, 0.29) is 0 Å². The van der Waals surface area contributed by atoms with Crippen molar-refractivity contribution in [1.29, 1.82) is 0 Å². The maximum atomic E-state index is 4.20. The predicted molar refractivity (Wildman–Crippen MR) is 61.8 cm³/mol. The first-order chi connectivity index (χ1) is 5.99. The second-order valence-corrected chi connectivity index (χ2v) is 4.76. The summed E-state index contributed by atoms with van der Waals surface area (Å²) in [5.41, 5.74) is 1.45. The van der Waals surface area contributed by atoms with Crippen LogP contribution in [-0.4, -0.2) is 0 Å². The smallest absolute Gasteiger partial charge is 0.0209 e. The van der Waals surface area contributed by atoms with Crippen LogP contribution in [0.5, 0.6) is 0 Å². The third-order valence-electron chi connectivity index (χ3n) is 3.18. The summed E-state index contributed by atoms with van der Waals surface area (Å²) >= 11 is 0. The van der Waals surface area contributed by atoms with Crippen molar-refractivity contribution in [3.8, 4) is 0 Å². The van der Waals surface area contributed by atoms with Gasteiger partial charge in [0, 0.05) is 0 Å². The molecule has 0 heterocycles. The summed E-state index contributed by atoms with van der Waals surface area (Å²) in [6.07, 6.45) is 3.77. The van der Waals surface area contributed by atoms with E-state index in [1.807, 2.05) is 0 Å². The van der Waals surface area contributed by atoms with Gasteiger partial charge >= 0.3 is 0 Å². The van der Waals surface area contributed by atoms with E-state index < -0.39 is 0 Å². The van der Waals surface area contributed by atoms with Gasteiger partial charge in [-0.15, -0.1) is 0 Å². The Morgan fingerprint density at radius 2 is 1.69 bits per heavy atom. The van der Waals surface area contributed by atoms with Crippen LogP contribution in [0.1, 0.15) is 53.9 Å². The monoisotopic (exact) mass is 182 g/mol. The molecule has 0 radical (unpaired) electrons. The summed E-state index contributed by atoms with van der Waals surface area (Å²) in [5.74, 6) is 2.30. The molecule has 0 aliphatic rings. The zero-order valence-electron chi connectivity index (χ0n) is 10.1. The summed E-state index contributed by atoms with van der Waals surface area (Å²) in [6, 6.07) is 0. The van der Waals surface area contributed by atoms with Gasteiger partial charge in [-0.1, -0.05) is 53.2 Å². The molecule has 0 saturated carbocycles. The number of hydrogen-bond donors (Lipinski definition) is 0. The van der Waals surface area contributed by atoms with Gasteiger partial charge in [0.2, 0.25) is 0 Å². The van der Waals surface area contributed by atoms with Crippen molar-refractivity contribution in [2.75, 3.05) is 0 Å². The molecule has 13 heavy (non-hydrogen) atoms. The van der Waals surface area contributed by atoms with Crippen molar-refractivity contribution >= 4 is 0 Å². The SMILES string of the molecule is C=C(CCC(C)C)C(C)C(C)CC. The van der Waals surface area contributed by atoms with Crippen LogP contribution in [0.4, 0.5) is 0 Å². The van der Waals surface area contributed by atoms with Crippen molar-refractivity contribution in [2.24, 2.45) is 17.8 Å². The molecule has 0 bridgehead atoms. The van der Waals surface area contributed by atoms with Gasteiger partial charge in [0.1, 0.15) is 0 Å². The van der Waals surface area contributed by atoms with Crippen LogP contribution in [0.2, 0.25) is 0 Å². The Labute approximate surface area is 84.4 Å². The molecular formula is C13H26. The van der Waals surface area contributed by atoms with E-state index in [1.54, 1.807) is 0 Å². The lowest BCUT2D eigenvalue weighted by Gasteiger charge is -2.21. The third-order valence-corrected chi connectivity index (χ3v) is 3.18. The average Bonchev–Trinajstić information content (AvgIpc) is 2.11. The number of allylic oxidation sites excluding steroid dienone is 1. The van der Waals surface area contributed by atoms with E-state index in [4.69, 9.17) is 0 Å². The molecule has 0 fully saturated rings. The van der Waals surface area contributed by atoms with Crippen LogP contribution in [0.15, 0.2) is 12.2 Å². The van der Waals surface area contributed by atoms with E-state index in [0.717, 1.165) is 11.8 Å². The van der Waals surface area contributed by atoms with Gasteiger partial charge in [-0.2, -0.15) is 0 Å². The molecule has 0 nitrogen and oxygen atoms in total. The van der Waals surface area contributed by atoms with E-state index in [2.05, 4.69) is 41.2 Å². The molecule has 78 valence electrons. The first kappa shape index (κ1) is 12.7. The van der Waals surface area contributed by atoms with Gasteiger partial charge in [-0.3, -0.25) is 0 Å². The molecule has 0 N–H and O–H groups in total. The fourth-order valence-electron chi connectivity index (χ4n) is 1.46. The zero-order valence-corrected chi connectivity index (χ0v) is 10.1. The van der Waals surface area contributed by atoms with Crippen LogP contribution >= 0.6 is 0 Å². The van der Waals surface area contributed by atoms with Crippen molar-refractivity contribution in [3.63, 3.8) is 0 Å². The molecular weight excluding hydrogens is 156 g/mol. The van der Waals surface area contributed by atoms with Crippen LogP contribution in [0.25, 0.3) is 0 Å². The van der Waals surface area contributed by atoms with Gasteiger partial charge in [0.15, 0.2) is 0 Å². The van der Waals surface area contributed by atoms with Gasteiger partial charge in [0.05, 0.1) is 0 Å². The van der Waals surface area contributed by atoms with Crippen LogP contribution < -0.4 is 0 Å². The lowest BCUT2D eigenvalue weighted by molar-refractivity contribution is 0.410. The van der Waals surface area contributed by atoms with Crippen molar-refractivity contribution in [3.05, 3.63) is 12.2 Å². The summed E-state index contributed by atoms with van der Waals surface area (Å²) < 4.78 is 0. The highest BCUT2D eigenvalue weighted by Gasteiger charge is 2.13. The third kappa shape index (κ3) is 5.13. The van der Waals surface area contributed by atoms with Crippen molar-refractivity contribution in [2.45, 2.75) is 53.9 Å². The maximum Gasteiger partial charge on any atom is -0.0209 e. The standard InChI is InChI=1S/C13H26/c1-7-11(4)13(6)12(5)9-8-10(2)3/h10-11,13H,5,7-9H2,1-4,6H3. The Morgan fingerprint density at radius 1 is 1.15 bits per heavy atom. The Balaban J connectivity index is 3.82. The molecule has 0 heteroatoms. The molecule has 2 atom stereocenters. The highest BCUT2D eigenvalue weighted by Crippen LogP contribution is 2.25. The van der Waals surface area contributed by atoms with E-state index in [1.165, 1.54) is 24.8 Å². The maximum absolute atomic E-state index is 4.20. The first-order valence-corrected chi connectivity index (χ1v) is 5.66.